The molecule has 4 rings (SSSR count). The number of hydrogen-bond acceptors (Lipinski definition) is 5. The molecule has 0 spiro atoms. The van der Waals surface area contributed by atoms with Gasteiger partial charge in [-0.15, -0.1) is 0 Å². The number of rotatable bonds is 3. The Balaban J connectivity index is 1.90. The molecular weight excluding hydrogens is 378 g/mol. The summed E-state index contributed by atoms with van der Waals surface area (Å²) in [5, 5.41) is 14.1. The first-order valence-electron chi connectivity index (χ1n) is 9.95. The van der Waals surface area contributed by atoms with Crippen LogP contribution in [-0.4, -0.2) is 52.5 Å². The fourth-order valence-electron chi connectivity index (χ4n) is 4.36. The molecule has 2 aromatic carbocycles. The fourth-order valence-corrected chi connectivity index (χ4v) is 4.36. The summed E-state index contributed by atoms with van der Waals surface area (Å²) in [6.07, 6.45) is 2.87. The fraction of sp³-hybridized carbons (Fsp3) is 0.250. The Morgan fingerprint density at radius 1 is 1.03 bits per heavy atom. The summed E-state index contributed by atoms with van der Waals surface area (Å²) in [6, 6.07) is 16.5. The van der Waals surface area contributed by atoms with Crippen molar-refractivity contribution in [3.05, 3.63) is 94.9 Å². The predicted octanol–water partition coefficient (Wildman–Crippen LogP) is 2.98. The average molecular weight is 403 g/mol. The maximum atomic E-state index is 12.8. The minimum Gasteiger partial charge on any atom is -0.503 e. The van der Waals surface area contributed by atoms with Gasteiger partial charge in [-0.25, -0.2) is 0 Å². The first kappa shape index (κ1) is 19.9. The number of aliphatic hydroxyl groups excluding tert-OH is 1. The van der Waals surface area contributed by atoms with Crippen LogP contribution in [-0.2, 0) is 22.4 Å². The molecule has 6 heteroatoms. The number of hydrogen-bond donors (Lipinski definition) is 1. The second-order valence-electron chi connectivity index (χ2n) is 7.67. The van der Waals surface area contributed by atoms with Crippen molar-refractivity contribution in [2.45, 2.75) is 18.9 Å². The SMILES string of the molecule is C=CC(=O)/C(O)=C1/C(=O)N(C)CN(C2c3ccccc3CCc3ccccc32)N1C. The second-order valence-corrected chi connectivity index (χ2v) is 7.67. The number of carbonyl (C=O) groups is 2. The predicted molar refractivity (Wildman–Crippen MR) is 114 cm³/mol. The van der Waals surface area contributed by atoms with Gasteiger partial charge in [0.15, 0.2) is 11.5 Å². The molecule has 1 N–H and O–H groups in total. The number of aliphatic hydroxyl groups is 1. The highest BCUT2D eigenvalue weighted by atomic mass is 16.3. The number of carbonyl (C=O) groups excluding carboxylic acids is 2. The van der Waals surface area contributed by atoms with Crippen LogP contribution in [0.4, 0.5) is 0 Å². The van der Waals surface area contributed by atoms with Crippen molar-refractivity contribution in [3.63, 3.8) is 0 Å². The van der Waals surface area contributed by atoms with E-state index in [-0.39, 0.29) is 11.7 Å². The van der Waals surface area contributed by atoms with E-state index < -0.39 is 17.4 Å². The minimum absolute atomic E-state index is 0.0483. The van der Waals surface area contributed by atoms with Gasteiger partial charge in [0.1, 0.15) is 0 Å². The molecular formula is C24H25N3O3. The summed E-state index contributed by atoms with van der Waals surface area (Å²) in [5.41, 5.74) is 4.77. The van der Waals surface area contributed by atoms with E-state index in [1.807, 2.05) is 29.3 Å². The van der Waals surface area contributed by atoms with Crippen molar-refractivity contribution in [3.8, 4) is 0 Å². The molecule has 0 saturated carbocycles. The van der Waals surface area contributed by atoms with Crippen LogP contribution >= 0.6 is 0 Å². The van der Waals surface area contributed by atoms with Crippen LogP contribution in [0.5, 0.6) is 0 Å². The summed E-state index contributed by atoms with van der Waals surface area (Å²) in [7, 11) is 3.38. The Labute approximate surface area is 176 Å². The van der Waals surface area contributed by atoms with Crippen molar-refractivity contribution < 1.29 is 14.7 Å². The van der Waals surface area contributed by atoms with Crippen LogP contribution in [0.1, 0.15) is 28.3 Å². The van der Waals surface area contributed by atoms with Crippen LogP contribution in [0.15, 0.2) is 72.6 Å². The zero-order valence-corrected chi connectivity index (χ0v) is 17.2. The molecule has 0 atom stereocenters. The number of fused-ring (bicyclic) bond motifs is 2. The lowest BCUT2D eigenvalue weighted by atomic mass is 9.94. The molecule has 0 radical (unpaired) electrons. The van der Waals surface area contributed by atoms with Gasteiger partial charge in [-0.1, -0.05) is 55.1 Å². The number of benzene rings is 2. The highest BCUT2D eigenvalue weighted by Crippen LogP contribution is 2.39. The molecule has 154 valence electrons. The van der Waals surface area contributed by atoms with Gasteiger partial charge >= 0.3 is 0 Å². The molecule has 0 bridgehead atoms. The second kappa shape index (κ2) is 7.80. The number of amides is 1. The van der Waals surface area contributed by atoms with Gasteiger partial charge in [0.2, 0.25) is 5.78 Å². The Morgan fingerprint density at radius 2 is 1.57 bits per heavy atom. The van der Waals surface area contributed by atoms with E-state index in [0.717, 1.165) is 30.0 Å². The maximum absolute atomic E-state index is 12.8. The third kappa shape index (κ3) is 3.19. The third-order valence-corrected chi connectivity index (χ3v) is 5.92. The molecule has 1 heterocycles. The molecule has 1 aliphatic carbocycles. The summed E-state index contributed by atoms with van der Waals surface area (Å²) in [6.45, 7) is 3.75. The Hall–Kier alpha value is -3.38. The van der Waals surface area contributed by atoms with Crippen molar-refractivity contribution in [2.75, 3.05) is 20.8 Å². The minimum atomic E-state index is -0.679. The summed E-state index contributed by atoms with van der Waals surface area (Å²) in [5.74, 6) is -1.68. The highest BCUT2D eigenvalue weighted by Gasteiger charge is 2.40. The van der Waals surface area contributed by atoms with E-state index >= 15 is 0 Å². The number of aryl methyl sites for hydroxylation is 2. The molecule has 1 saturated heterocycles. The Kier molecular flexibility index (Phi) is 5.18. The smallest absolute Gasteiger partial charge is 0.276 e. The average Bonchev–Trinajstić information content (AvgIpc) is 2.93. The number of likely N-dealkylation sites (N-methyl/N-ethyl adjacent to an activating group) is 2. The monoisotopic (exact) mass is 403 g/mol. The molecule has 1 fully saturated rings. The number of hydrazine groups is 1. The molecule has 0 unspecified atom stereocenters. The highest BCUT2D eigenvalue weighted by molar-refractivity contribution is 6.08. The third-order valence-electron chi connectivity index (χ3n) is 5.92. The van der Waals surface area contributed by atoms with Crippen molar-refractivity contribution in [1.29, 1.82) is 0 Å². The largest absolute Gasteiger partial charge is 0.503 e. The Morgan fingerprint density at radius 3 is 2.10 bits per heavy atom. The topological polar surface area (TPSA) is 64.1 Å². The van der Waals surface area contributed by atoms with Gasteiger partial charge in [0.05, 0.1) is 12.7 Å². The van der Waals surface area contributed by atoms with Gasteiger partial charge < -0.3 is 10.0 Å². The molecule has 0 aromatic heterocycles. The van der Waals surface area contributed by atoms with Crippen molar-refractivity contribution >= 4 is 11.7 Å². The summed E-state index contributed by atoms with van der Waals surface area (Å²) < 4.78 is 0. The lowest BCUT2D eigenvalue weighted by Gasteiger charge is -2.46. The normalized spacial score (nSPS) is 19.1. The molecule has 1 amide bonds. The maximum Gasteiger partial charge on any atom is 0.276 e. The number of allylic oxidation sites excluding steroid dienone is 1. The molecule has 1 aliphatic heterocycles. The van der Waals surface area contributed by atoms with Gasteiger partial charge in [0.25, 0.3) is 5.91 Å². The van der Waals surface area contributed by atoms with Crippen LogP contribution in [0, 0.1) is 0 Å². The molecule has 2 aliphatic rings. The van der Waals surface area contributed by atoms with E-state index in [1.54, 1.807) is 19.1 Å². The van der Waals surface area contributed by atoms with E-state index in [0.29, 0.717) is 6.67 Å². The molecule has 30 heavy (non-hydrogen) atoms. The van der Waals surface area contributed by atoms with Gasteiger partial charge in [-0.05, 0) is 41.2 Å². The van der Waals surface area contributed by atoms with Gasteiger partial charge in [-0.3, -0.25) is 14.6 Å². The van der Waals surface area contributed by atoms with Crippen LogP contribution in [0.3, 0.4) is 0 Å². The van der Waals surface area contributed by atoms with E-state index in [4.69, 9.17) is 0 Å². The van der Waals surface area contributed by atoms with E-state index in [9.17, 15) is 14.7 Å². The van der Waals surface area contributed by atoms with E-state index in [2.05, 4.69) is 30.8 Å². The van der Waals surface area contributed by atoms with Crippen LogP contribution in [0.25, 0.3) is 0 Å². The van der Waals surface area contributed by atoms with E-state index in [1.165, 1.54) is 16.0 Å². The zero-order chi connectivity index (χ0) is 21.4. The lowest BCUT2D eigenvalue weighted by Crippen LogP contribution is -2.57. The van der Waals surface area contributed by atoms with Gasteiger partial charge in [0, 0.05) is 14.1 Å². The number of ketones is 1. The lowest BCUT2D eigenvalue weighted by molar-refractivity contribution is -0.149. The number of nitrogens with zero attached hydrogens (tertiary/aromatic N) is 3. The van der Waals surface area contributed by atoms with Crippen LogP contribution in [0.2, 0.25) is 0 Å². The first-order valence-corrected chi connectivity index (χ1v) is 9.95. The van der Waals surface area contributed by atoms with Crippen molar-refractivity contribution in [1.82, 2.24) is 14.9 Å². The standard InChI is InChI=1S/C24H25N3O3/c1-4-20(28)23(29)22-24(30)25(2)15-27(26(22)3)21-18-11-7-5-9-16(18)13-14-17-10-6-8-12-19(17)21/h4-12,21,29H,1,13-15H2,2-3H3/b23-22+. The van der Waals surface area contributed by atoms with Crippen molar-refractivity contribution in [2.24, 2.45) is 0 Å². The Bertz CT molecular complexity index is 1010. The van der Waals surface area contributed by atoms with Gasteiger partial charge in [-0.2, -0.15) is 5.01 Å². The summed E-state index contributed by atoms with van der Waals surface area (Å²) in [4.78, 5) is 26.5. The zero-order valence-electron chi connectivity index (χ0n) is 17.2. The quantitative estimate of drug-likeness (QED) is 0.631. The first-order chi connectivity index (χ1) is 14.4. The molecule has 6 nitrogen and oxygen atoms in total. The summed E-state index contributed by atoms with van der Waals surface area (Å²) >= 11 is 0. The van der Waals surface area contributed by atoms with Crippen LogP contribution < -0.4 is 0 Å². The molecule has 2 aromatic rings.